The minimum atomic E-state index is 0.0798. The average Bonchev–Trinajstić information content (AvgIpc) is 2.93. The number of benzene rings is 2. The summed E-state index contributed by atoms with van der Waals surface area (Å²) in [6, 6.07) is 13.2. The summed E-state index contributed by atoms with van der Waals surface area (Å²) >= 11 is 4.91. The molecule has 1 heterocycles. The van der Waals surface area contributed by atoms with Crippen molar-refractivity contribution in [1.82, 2.24) is 0 Å². The van der Waals surface area contributed by atoms with Crippen LogP contribution in [0.2, 0.25) is 0 Å². The molecule has 2 aromatic carbocycles. The number of hydrogen-bond acceptors (Lipinski definition) is 4. The summed E-state index contributed by atoms with van der Waals surface area (Å²) in [5.41, 5.74) is 0.652. The molecule has 0 unspecified atom stereocenters. The number of ether oxygens (including phenoxy) is 2. The summed E-state index contributed by atoms with van der Waals surface area (Å²) in [5, 5.41) is 0. The highest BCUT2D eigenvalue weighted by Crippen LogP contribution is 2.33. The fourth-order valence-corrected chi connectivity index (χ4v) is 2.89. The third-order valence-electron chi connectivity index (χ3n) is 2.88. The largest absolute Gasteiger partial charge is 0.454 e. The molecular weight excluding hydrogens is 340 g/mol. The maximum absolute atomic E-state index is 12.2. The Bertz CT molecular complexity index is 640. The van der Waals surface area contributed by atoms with Crippen molar-refractivity contribution in [2.75, 3.05) is 12.5 Å². The highest BCUT2D eigenvalue weighted by Gasteiger charge is 2.16. The third kappa shape index (κ3) is 2.99. The van der Waals surface area contributed by atoms with Crippen LogP contribution >= 0.6 is 27.7 Å². The van der Waals surface area contributed by atoms with Gasteiger partial charge in [-0.25, -0.2) is 0 Å². The third-order valence-corrected chi connectivity index (χ3v) is 4.42. The SMILES string of the molecule is O=C(CSc1ccc(Br)cc1)c1ccc2c(c1)OCO2. The fourth-order valence-electron chi connectivity index (χ4n) is 1.83. The molecule has 0 aliphatic carbocycles. The molecule has 102 valence electrons. The minimum Gasteiger partial charge on any atom is -0.454 e. The van der Waals surface area contributed by atoms with E-state index in [1.807, 2.05) is 24.3 Å². The summed E-state index contributed by atoms with van der Waals surface area (Å²) in [7, 11) is 0. The number of rotatable bonds is 4. The normalized spacial score (nSPS) is 12.4. The molecule has 0 saturated heterocycles. The number of Topliss-reactive ketones (excluding diaryl/α,β-unsaturated/α-hetero) is 1. The summed E-state index contributed by atoms with van der Waals surface area (Å²) in [6.07, 6.45) is 0. The van der Waals surface area contributed by atoms with E-state index < -0.39 is 0 Å². The van der Waals surface area contributed by atoms with Crippen LogP contribution in [0.15, 0.2) is 51.8 Å². The number of carbonyl (C=O) groups is 1. The van der Waals surface area contributed by atoms with Gasteiger partial charge < -0.3 is 9.47 Å². The molecule has 5 heteroatoms. The zero-order chi connectivity index (χ0) is 13.9. The summed E-state index contributed by atoms with van der Waals surface area (Å²) in [5.74, 6) is 1.82. The Kier molecular flexibility index (Phi) is 3.98. The van der Waals surface area contributed by atoms with Gasteiger partial charge in [0.15, 0.2) is 17.3 Å². The van der Waals surface area contributed by atoms with Crippen LogP contribution in [-0.2, 0) is 0 Å². The predicted octanol–water partition coefficient (Wildman–Crippen LogP) is 4.15. The van der Waals surface area contributed by atoms with Crippen LogP contribution in [0.5, 0.6) is 11.5 Å². The molecule has 3 rings (SSSR count). The van der Waals surface area contributed by atoms with Gasteiger partial charge in [-0.15, -0.1) is 11.8 Å². The lowest BCUT2D eigenvalue weighted by Crippen LogP contribution is -2.02. The molecule has 0 saturated carbocycles. The molecule has 0 aromatic heterocycles. The van der Waals surface area contributed by atoms with Crippen LogP contribution in [-0.4, -0.2) is 18.3 Å². The van der Waals surface area contributed by atoms with E-state index in [0.29, 0.717) is 22.8 Å². The molecular formula is C15H11BrO3S. The van der Waals surface area contributed by atoms with Crippen molar-refractivity contribution >= 4 is 33.5 Å². The van der Waals surface area contributed by atoms with Gasteiger partial charge in [0, 0.05) is 14.9 Å². The second-order valence-corrected chi connectivity index (χ2v) is 6.20. The van der Waals surface area contributed by atoms with Crippen molar-refractivity contribution in [3.05, 3.63) is 52.5 Å². The average molecular weight is 351 g/mol. The van der Waals surface area contributed by atoms with Crippen molar-refractivity contribution < 1.29 is 14.3 Å². The number of ketones is 1. The highest BCUT2D eigenvalue weighted by molar-refractivity contribution is 9.10. The first-order chi connectivity index (χ1) is 9.72. The molecule has 0 amide bonds. The summed E-state index contributed by atoms with van der Waals surface area (Å²) < 4.78 is 11.5. The zero-order valence-electron chi connectivity index (χ0n) is 10.5. The van der Waals surface area contributed by atoms with E-state index in [4.69, 9.17) is 9.47 Å². The molecule has 2 aromatic rings. The Balaban J connectivity index is 1.66. The second kappa shape index (κ2) is 5.89. The van der Waals surface area contributed by atoms with Gasteiger partial charge in [0.25, 0.3) is 0 Å². The number of fused-ring (bicyclic) bond motifs is 1. The molecule has 3 nitrogen and oxygen atoms in total. The van der Waals surface area contributed by atoms with E-state index in [2.05, 4.69) is 15.9 Å². The molecule has 0 bridgehead atoms. The van der Waals surface area contributed by atoms with Crippen LogP contribution in [0.4, 0.5) is 0 Å². The lowest BCUT2D eigenvalue weighted by molar-refractivity contribution is 0.102. The van der Waals surface area contributed by atoms with Gasteiger partial charge in [-0.05, 0) is 42.5 Å². The van der Waals surface area contributed by atoms with Gasteiger partial charge in [-0.1, -0.05) is 15.9 Å². The quantitative estimate of drug-likeness (QED) is 0.612. The predicted molar refractivity (Wildman–Crippen MR) is 81.8 cm³/mol. The van der Waals surface area contributed by atoms with Crippen molar-refractivity contribution in [1.29, 1.82) is 0 Å². The van der Waals surface area contributed by atoms with E-state index in [-0.39, 0.29) is 12.6 Å². The Hall–Kier alpha value is -1.46. The molecule has 1 aliphatic rings. The van der Waals surface area contributed by atoms with Gasteiger partial charge in [0.1, 0.15) is 0 Å². The molecule has 0 N–H and O–H groups in total. The van der Waals surface area contributed by atoms with Crippen LogP contribution < -0.4 is 9.47 Å². The van der Waals surface area contributed by atoms with Gasteiger partial charge in [0.2, 0.25) is 6.79 Å². The highest BCUT2D eigenvalue weighted by atomic mass is 79.9. The fraction of sp³-hybridized carbons (Fsp3) is 0.133. The topological polar surface area (TPSA) is 35.5 Å². The number of carbonyl (C=O) groups excluding carboxylic acids is 1. The van der Waals surface area contributed by atoms with Gasteiger partial charge in [0.05, 0.1) is 5.75 Å². The van der Waals surface area contributed by atoms with Crippen molar-refractivity contribution in [3.8, 4) is 11.5 Å². The number of halogens is 1. The van der Waals surface area contributed by atoms with Crippen LogP contribution in [0, 0.1) is 0 Å². The summed E-state index contributed by atoms with van der Waals surface area (Å²) in [6.45, 7) is 0.223. The maximum atomic E-state index is 12.2. The van der Waals surface area contributed by atoms with Crippen LogP contribution in [0.3, 0.4) is 0 Å². The smallest absolute Gasteiger partial charge is 0.231 e. The zero-order valence-corrected chi connectivity index (χ0v) is 12.9. The van der Waals surface area contributed by atoms with Crippen LogP contribution in [0.25, 0.3) is 0 Å². The van der Waals surface area contributed by atoms with E-state index in [9.17, 15) is 4.79 Å². The van der Waals surface area contributed by atoms with Gasteiger partial charge in [-0.3, -0.25) is 4.79 Å². The second-order valence-electron chi connectivity index (χ2n) is 4.23. The Morgan fingerprint density at radius 3 is 2.65 bits per heavy atom. The maximum Gasteiger partial charge on any atom is 0.231 e. The minimum absolute atomic E-state index is 0.0798. The number of hydrogen-bond donors (Lipinski definition) is 0. The molecule has 0 spiro atoms. The first-order valence-corrected chi connectivity index (χ1v) is 7.81. The molecule has 0 radical (unpaired) electrons. The van der Waals surface area contributed by atoms with Crippen molar-refractivity contribution in [3.63, 3.8) is 0 Å². The molecule has 0 fully saturated rings. The van der Waals surface area contributed by atoms with E-state index >= 15 is 0 Å². The molecule has 1 aliphatic heterocycles. The van der Waals surface area contributed by atoms with Crippen molar-refractivity contribution in [2.24, 2.45) is 0 Å². The number of thioether (sulfide) groups is 1. The summed E-state index contributed by atoms with van der Waals surface area (Å²) in [4.78, 5) is 13.2. The lowest BCUT2D eigenvalue weighted by Gasteiger charge is -2.03. The molecule has 0 atom stereocenters. The van der Waals surface area contributed by atoms with E-state index in [0.717, 1.165) is 9.37 Å². The van der Waals surface area contributed by atoms with Gasteiger partial charge in [-0.2, -0.15) is 0 Å². The first kappa shape index (κ1) is 13.5. The first-order valence-electron chi connectivity index (χ1n) is 6.03. The lowest BCUT2D eigenvalue weighted by atomic mass is 10.1. The Morgan fingerprint density at radius 2 is 1.85 bits per heavy atom. The van der Waals surface area contributed by atoms with Crippen molar-refractivity contribution in [2.45, 2.75) is 4.90 Å². The standard InChI is InChI=1S/C15H11BrO3S/c16-11-2-4-12(5-3-11)20-8-13(17)10-1-6-14-15(7-10)19-9-18-14/h1-7H,8-9H2. The van der Waals surface area contributed by atoms with Gasteiger partial charge >= 0.3 is 0 Å². The molecule has 20 heavy (non-hydrogen) atoms. The van der Waals surface area contributed by atoms with Crippen LogP contribution in [0.1, 0.15) is 10.4 Å². The van der Waals surface area contributed by atoms with E-state index in [1.54, 1.807) is 18.2 Å². The Labute approximate surface area is 129 Å². The monoisotopic (exact) mass is 350 g/mol. The Morgan fingerprint density at radius 1 is 1.10 bits per heavy atom. The van der Waals surface area contributed by atoms with E-state index in [1.165, 1.54) is 11.8 Å².